The molecular formula is C15H19ClN2O2. The van der Waals surface area contributed by atoms with E-state index in [-0.39, 0.29) is 24.4 Å². The molecule has 0 radical (unpaired) electrons. The molecule has 1 atom stereocenters. The van der Waals surface area contributed by atoms with E-state index < -0.39 is 0 Å². The molecule has 0 saturated carbocycles. The number of carbonyl (C=O) groups excluding carboxylic acids is 1. The van der Waals surface area contributed by atoms with Crippen molar-refractivity contribution < 1.29 is 9.21 Å². The molecule has 0 aliphatic carbocycles. The minimum Gasteiger partial charge on any atom is -0.467 e. The fraction of sp³-hybridized carbons (Fsp3) is 0.267. The molecule has 0 aliphatic heterocycles. The van der Waals surface area contributed by atoms with Gasteiger partial charge in [-0.25, -0.2) is 0 Å². The van der Waals surface area contributed by atoms with Crippen LogP contribution in [0, 0.1) is 0 Å². The highest BCUT2D eigenvalue weighted by Gasteiger charge is 2.15. The maximum absolute atomic E-state index is 12.1. The van der Waals surface area contributed by atoms with E-state index in [9.17, 15) is 4.79 Å². The van der Waals surface area contributed by atoms with Gasteiger partial charge < -0.3 is 15.1 Å². The highest BCUT2D eigenvalue weighted by molar-refractivity contribution is 5.85. The number of furan rings is 1. The van der Waals surface area contributed by atoms with E-state index in [1.165, 1.54) is 0 Å². The molecular weight excluding hydrogens is 276 g/mol. The van der Waals surface area contributed by atoms with Gasteiger partial charge in [0.05, 0.1) is 12.8 Å². The van der Waals surface area contributed by atoms with Crippen molar-refractivity contribution in [2.24, 2.45) is 5.73 Å². The largest absolute Gasteiger partial charge is 0.467 e. The summed E-state index contributed by atoms with van der Waals surface area (Å²) in [7, 11) is 1.75. The Morgan fingerprint density at radius 2 is 1.95 bits per heavy atom. The lowest BCUT2D eigenvalue weighted by Crippen LogP contribution is -2.29. The smallest absolute Gasteiger partial charge is 0.224 e. The summed E-state index contributed by atoms with van der Waals surface area (Å²) < 4.78 is 5.22. The van der Waals surface area contributed by atoms with E-state index in [0.29, 0.717) is 13.0 Å². The van der Waals surface area contributed by atoms with Crippen molar-refractivity contribution in [3.8, 4) is 0 Å². The molecule has 4 nitrogen and oxygen atoms in total. The zero-order chi connectivity index (χ0) is 13.7. The monoisotopic (exact) mass is 294 g/mol. The van der Waals surface area contributed by atoms with Gasteiger partial charge in [-0.05, 0) is 17.7 Å². The molecule has 1 aromatic heterocycles. The second-order valence-electron chi connectivity index (χ2n) is 4.55. The summed E-state index contributed by atoms with van der Waals surface area (Å²) in [6, 6.07) is 13.0. The number of hydrogen-bond acceptors (Lipinski definition) is 3. The van der Waals surface area contributed by atoms with E-state index in [4.69, 9.17) is 10.2 Å². The standard InChI is InChI=1S/C15H18N2O2.ClH/c1-17(11-13-8-5-9-19-13)15(18)10-14(16)12-6-3-2-4-7-12;/h2-9,14H,10-11,16H2,1H3;1H. The molecule has 108 valence electrons. The van der Waals surface area contributed by atoms with Crippen LogP contribution < -0.4 is 5.73 Å². The van der Waals surface area contributed by atoms with Gasteiger partial charge in [-0.2, -0.15) is 0 Å². The van der Waals surface area contributed by atoms with Crippen LogP contribution in [0.1, 0.15) is 23.8 Å². The highest BCUT2D eigenvalue weighted by Crippen LogP contribution is 2.15. The molecule has 0 fully saturated rings. The molecule has 2 rings (SSSR count). The molecule has 20 heavy (non-hydrogen) atoms. The van der Waals surface area contributed by atoms with E-state index in [1.807, 2.05) is 42.5 Å². The summed E-state index contributed by atoms with van der Waals surface area (Å²) in [5.41, 5.74) is 7.01. The molecule has 0 bridgehead atoms. The number of carbonyl (C=O) groups is 1. The molecule has 1 amide bonds. The van der Waals surface area contributed by atoms with Gasteiger partial charge in [-0.3, -0.25) is 4.79 Å². The molecule has 0 spiro atoms. The van der Waals surface area contributed by atoms with Gasteiger partial charge in [-0.15, -0.1) is 12.4 Å². The van der Waals surface area contributed by atoms with Crippen LogP contribution in [-0.2, 0) is 11.3 Å². The molecule has 0 aliphatic rings. The van der Waals surface area contributed by atoms with Crippen molar-refractivity contribution >= 4 is 18.3 Å². The fourth-order valence-corrected chi connectivity index (χ4v) is 1.89. The Bertz CT molecular complexity index is 514. The van der Waals surface area contributed by atoms with E-state index >= 15 is 0 Å². The number of amides is 1. The molecule has 2 aromatic rings. The average molecular weight is 295 g/mol. The number of benzene rings is 1. The van der Waals surface area contributed by atoms with Gasteiger partial charge in [0.2, 0.25) is 5.91 Å². The first kappa shape index (κ1) is 16.3. The van der Waals surface area contributed by atoms with Crippen molar-refractivity contribution in [2.75, 3.05) is 7.05 Å². The Balaban J connectivity index is 0.00000200. The van der Waals surface area contributed by atoms with E-state index in [0.717, 1.165) is 11.3 Å². The van der Waals surface area contributed by atoms with Crippen LogP contribution in [0.15, 0.2) is 53.1 Å². The Morgan fingerprint density at radius 1 is 1.25 bits per heavy atom. The molecule has 1 heterocycles. The minimum absolute atomic E-state index is 0. The topological polar surface area (TPSA) is 59.5 Å². The highest BCUT2D eigenvalue weighted by atomic mass is 35.5. The van der Waals surface area contributed by atoms with Crippen LogP contribution in [0.4, 0.5) is 0 Å². The van der Waals surface area contributed by atoms with Crippen molar-refractivity contribution in [1.29, 1.82) is 0 Å². The van der Waals surface area contributed by atoms with Gasteiger partial charge in [-0.1, -0.05) is 30.3 Å². The second kappa shape index (κ2) is 7.72. The summed E-state index contributed by atoms with van der Waals surface area (Å²) >= 11 is 0. The first-order valence-corrected chi connectivity index (χ1v) is 6.23. The van der Waals surface area contributed by atoms with Crippen LogP contribution in [0.5, 0.6) is 0 Å². The third kappa shape index (κ3) is 4.40. The lowest BCUT2D eigenvalue weighted by atomic mass is 10.0. The van der Waals surface area contributed by atoms with Gasteiger partial charge >= 0.3 is 0 Å². The van der Waals surface area contributed by atoms with Crippen molar-refractivity contribution in [1.82, 2.24) is 4.90 Å². The minimum atomic E-state index is -0.271. The van der Waals surface area contributed by atoms with Crippen LogP contribution in [0.25, 0.3) is 0 Å². The van der Waals surface area contributed by atoms with Crippen LogP contribution in [0.2, 0.25) is 0 Å². The van der Waals surface area contributed by atoms with Gasteiger partial charge in [0, 0.05) is 19.5 Å². The van der Waals surface area contributed by atoms with E-state index in [1.54, 1.807) is 18.2 Å². The molecule has 5 heteroatoms. The van der Waals surface area contributed by atoms with Crippen molar-refractivity contribution in [3.05, 3.63) is 60.1 Å². The summed E-state index contributed by atoms with van der Waals surface area (Å²) in [5, 5.41) is 0. The van der Waals surface area contributed by atoms with Gasteiger partial charge in [0.1, 0.15) is 5.76 Å². The Kier molecular flexibility index (Phi) is 6.28. The first-order valence-electron chi connectivity index (χ1n) is 6.23. The SMILES string of the molecule is CN(Cc1ccco1)C(=O)CC(N)c1ccccc1.Cl. The predicted molar refractivity (Wildman–Crippen MR) is 80.4 cm³/mol. The zero-order valence-electron chi connectivity index (χ0n) is 11.4. The predicted octanol–water partition coefficient (Wildman–Crippen LogP) is 2.75. The van der Waals surface area contributed by atoms with Crippen molar-refractivity contribution in [2.45, 2.75) is 19.0 Å². The lowest BCUT2D eigenvalue weighted by molar-refractivity contribution is -0.131. The quantitative estimate of drug-likeness (QED) is 0.922. The first-order chi connectivity index (χ1) is 9.16. The lowest BCUT2D eigenvalue weighted by Gasteiger charge is -2.18. The number of hydrogen-bond donors (Lipinski definition) is 1. The second-order valence-corrected chi connectivity index (χ2v) is 4.55. The van der Waals surface area contributed by atoms with Gasteiger partial charge in [0.15, 0.2) is 0 Å². The normalized spacial score (nSPS) is 11.5. The average Bonchev–Trinajstić information content (AvgIpc) is 2.92. The van der Waals surface area contributed by atoms with Gasteiger partial charge in [0.25, 0.3) is 0 Å². The third-order valence-corrected chi connectivity index (χ3v) is 3.02. The maximum Gasteiger partial charge on any atom is 0.224 e. The number of rotatable bonds is 5. The van der Waals surface area contributed by atoms with Crippen LogP contribution in [0.3, 0.4) is 0 Å². The fourth-order valence-electron chi connectivity index (χ4n) is 1.89. The molecule has 1 aromatic carbocycles. The van der Waals surface area contributed by atoms with Crippen molar-refractivity contribution in [3.63, 3.8) is 0 Å². The Labute approximate surface area is 125 Å². The summed E-state index contributed by atoms with van der Waals surface area (Å²) in [5.74, 6) is 0.775. The van der Waals surface area contributed by atoms with Crippen LogP contribution >= 0.6 is 12.4 Å². The maximum atomic E-state index is 12.1. The summed E-state index contributed by atoms with van der Waals surface area (Å²) in [6.07, 6.45) is 1.89. The zero-order valence-corrected chi connectivity index (χ0v) is 12.2. The molecule has 1 unspecified atom stereocenters. The molecule has 2 N–H and O–H groups in total. The molecule has 0 saturated heterocycles. The summed E-state index contributed by atoms with van der Waals surface area (Å²) in [6.45, 7) is 0.466. The number of nitrogens with zero attached hydrogens (tertiary/aromatic N) is 1. The van der Waals surface area contributed by atoms with Crippen LogP contribution in [-0.4, -0.2) is 17.9 Å². The number of halogens is 1. The van der Waals surface area contributed by atoms with E-state index in [2.05, 4.69) is 0 Å². The Morgan fingerprint density at radius 3 is 2.55 bits per heavy atom. The Hall–Kier alpha value is -1.78. The summed E-state index contributed by atoms with van der Waals surface area (Å²) in [4.78, 5) is 13.7. The third-order valence-electron chi connectivity index (χ3n) is 3.02. The number of nitrogens with two attached hydrogens (primary N) is 1.